The van der Waals surface area contributed by atoms with Crippen LogP contribution in [0.2, 0.25) is 0 Å². The number of benzene rings is 1. The largest absolute Gasteiger partial charge is 0.358 e. The maximum atomic E-state index is 13.9. The van der Waals surface area contributed by atoms with E-state index in [0.717, 1.165) is 55.2 Å². The zero-order valence-corrected chi connectivity index (χ0v) is 18.5. The van der Waals surface area contributed by atoms with Crippen molar-refractivity contribution in [2.75, 3.05) is 51.6 Å². The lowest BCUT2D eigenvalue weighted by Gasteiger charge is -2.32. The topological polar surface area (TPSA) is 80.5 Å². The number of piperazine rings is 1. The molecule has 2 amide bonds. The van der Waals surface area contributed by atoms with Gasteiger partial charge in [-0.25, -0.2) is 4.39 Å². The summed E-state index contributed by atoms with van der Waals surface area (Å²) in [5.74, 6) is -0.679. The van der Waals surface area contributed by atoms with Gasteiger partial charge in [0, 0.05) is 61.9 Å². The molecule has 0 saturated carbocycles. The molecule has 0 radical (unpaired) electrons. The number of aromatic nitrogens is 1. The number of nitrogens with zero attached hydrogens (tertiary/aromatic N) is 2. The molecular formula is C24H28FN5O2. The van der Waals surface area contributed by atoms with Gasteiger partial charge in [-0.2, -0.15) is 0 Å². The van der Waals surface area contributed by atoms with E-state index < -0.39 is 0 Å². The second-order valence-electron chi connectivity index (χ2n) is 8.88. The van der Waals surface area contributed by atoms with Crippen LogP contribution in [-0.2, 0) is 11.2 Å². The van der Waals surface area contributed by atoms with Gasteiger partial charge in [0.1, 0.15) is 5.82 Å². The van der Waals surface area contributed by atoms with Crippen molar-refractivity contribution in [2.24, 2.45) is 0 Å². The zero-order chi connectivity index (χ0) is 22.4. The molecule has 1 fully saturated rings. The molecule has 0 atom stereocenters. The molecule has 1 aromatic heterocycles. The number of likely N-dealkylation sites (N-methyl/N-ethyl adjacent to an activating group) is 1. The van der Waals surface area contributed by atoms with E-state index in [0.29, 0.717) is 41.8 Å². The summed E-state index contributed by atoms with van der Waals surface area (Å²) in [6, 6.07) is 4.33. The van der Waals surface area contributed by atoms with E-state index in [1.54, 1.807) is 6.07 Å². The summed E-state index contributed by atoms with van der Waals surface area (Å²) in [5, 5.41) is 5.90. The maximum Gasteiger partial charge on any atom is 0.256 e. The minimum atomic E-state index is -0.375. The van der Waals surface area contributed by atoms with Crippen LogP contribution in [0.4, 0.5) is 10.1 Å². The first kappa shape index (κ1) is 20.9. The molecule has 7 nitrogen and oxygen atoms in total. The van der Waals surface area contributed by atoms with E-state index >= 15 is 0 Å². The number of hydrogen-bond acceptors (Lipinski definition) is 4. The number of nitrogens with one attached hydrogen (secondary N) is 3. The summed E-state index contributed by atoms with van der Waals surface area (Å²) in [6.45, 7) is 7.47. The molecular weight excluding hydrogens is 409 g/mol. The van der Waals surface area contributed by atoms with Gasteiger partial charge in [0.25, 0.3) is 11.8 Å². The molecule has 5 rings (SSSR count). The van der Waals surface area contributed by atoms with Crippen LogP contribution in [0.5, 0.6) is 0 Å². The van der Waals surface area contributed by atoms with Gasteiger partial charge >= 0.3 is 0 Å². The number of amides is 2. The van der Waals surface area contributed by atoms with E-state index in [1.165, 1.54) is 12.1 Å². The molecule has 1 saturated heterocycles. The number of aryl methyl sites for hydroxylation is 1. The summed E-state index contributed by atoms with van der Waals surface area (Å²) in [6.07, 6.45) is 1.32. The third-order valence-corrected chi connectivity index (χ3v) is 6.78. The monoisotopic (exact) mass is 437 g/mol. The predicted octanol–water partition coefficient (Wildman–Crippen LogP) is 2.25. The molecule has 1 aliphatic carbocycles. The number of halogens is 1. The number of aromatic amines is 1. The Kier molecular flexibility index (Phi) is 5.35. The Balaban J connectivity index is 1.36. The van der Waals surface area contributed by atoms with Gasteiger partial charge in [-0.05, 0) is 56.1 Å². The number of allylic oxidation sites excluding steroid dienone is 1. The van der Waals surface area contributed by atoms with Gasteiger partial charge in [-0.3, -0.25) is 14.5 Å². The second-order valence-corrected chi connectivity index (χ2v) is 8.88. The standard InChI is InChI=1S/C24H28FN5O2/c1-14-20(23(31)26-7-8-30-11-9-29(2)10-12-30)16-4-5-17(22(16)27-14)21-18-13-15(25)3-6-19(18)28-24(21)32/h3,6,13,27H,4-5,7-12H2,1-2H3,(H,26,31)(H,28,32)/b21-17-. The van der Waals surface area contributed by atoms with Crippen molar-refractivity contribution in [2.45, 2.75) is 19.8 Å². The molecule has 0 unspecified atom stereocenters. The van der Waals surface area contributed by atoms with Crippen molar-refractivity contribution in [3.63, 3.8) is 0 Å². The summed E-state index contributed by atoms with van der Waals surface area (Å²) in [4.78, 5) is 33.7. The third-order valence-electron chi connectivity index (χ3n) is 6.78. The predicted molar refractivity (Wildman–Crippen MR) is 122 cm³/mol. The molecule has 1 aromatic carbocycles. The maximum absolute atomic E-state index is 13.9. The summed E-state index contributed by atoms with van der Waals surface area (Å²) >= 11 is 0. The highest BCUT2D eigenvalue weighted by atomic mass is 19.1. The van der Waals surface area contributed by atoms with Crippen LogP contribution in [0, 0.1) is 12.7 Å². The van der Waals surface area contributed by atoms with E-state index in [-0.39, 0.29) is 17.6 Å². The normalized spacial score (nSPS) is 20.9. The average molecular weight is 438 g/mol. The number of carbonyl (C=O) groups is 2. The van der Waals surface area contributed by atoms with E-state index in [1.807, 2.05) is 6.92 Å². The van der Waals surface area contributed by atoms with Crippen LogP contribution in [0.3, 0.4) is 0 Å². The van der Waals surface area contributed by atoms with Crippen LogP contribution in [0.25, 0.3) is 11.1 Å². The highest BCUT2D eigenvalue weighted by Gasteiger charge is 2.34. The van der Waals surface area contributed by atoms with E-state index in [2.05, 4.69) is 32.5 Å². The summed E-state index contributed by atoms with van der Waals surface area (Å²) < 4.78 is 13.9. The molecule has 0 bridgehead atoms. The van der Waals surface area contributed by atoms with Crippen LogP contribution >= 0.6 is 0 Å². The lowest BCUT2D eigenvalue weighted by atomic mass is 9.99. The molecule has 0 spiro atoms. The first-order chi connectivity index (χ1) is 15.4. The molecule has 8 heteroatoms. The van der Waals surface area contributed by atoms with Crippen molar-refractivity contribution in [3.05, 3.63) is 52.1 Å². The minimum absolute atomic E-state index is 0.0808. The summed E-state index contributed by atoms with van der Waals surface area (Å²) in [5.41, 5.74) is 5.80. The minimum Gasteiger partial charge on any atom is -0.358 e. The Hall–Kier alpha value is -2.97. The number of anilines is 1. The number of rotatable bonds is 4. The number of carbonyl (C=O) groups excluding carboxylic acids is 2. The Morgan fingerprint density at radius 1 is 1.19 bits per heavy atom. The SMILES string of the molecule is Cc1[nH]c2c(c1C(=O)NCCN1CCN(C)CC1)CC/C2=C1/C(=O)Nc2ccc(F)cc21. The molecule has 3 N–H and O–H groups in total. The Labute approximate surface area is 186 Å². The van der Waals surface area contributed by atoms with Crippen molar-refractivity contribution >= 4 is 28.6 Å². The first-order valence-electron chi connectivity index (χ1n) is 11.2. The van der Waals surface area contributed by atoms with Crippen molar-refractivity contribution in [1.29, 1.82) is 0 Å². The molecule has 2 aromatic rings. The van der Waals surface area contributed by atoms with E-state index in [9.17, 15) is 14.0 Å². The molecule has 3 heterocycles. The third kappa shape index (κ3) is 3.63. The molecule has 3 aliphatic rings. The fraction of sp³-hybridized carbons (Fsp3) is 0.417. The van der Waals surface area contributed by atoms with Crippen molar-refractivity contribution in [1.82, 2.24) is 20.1 Å². The summed E-state index contributed by atoms with van der Waals surface area (Å²) in [7, 11) is 2.13. The Morgan fingerprint density at radius 2 is 1.97 bits per heavy atom. The Bertz CT molecular complexity index is 1130. The Morgan fingerprint density at radius 3 is 2.75 bits per heavy atom. The van der Waals surface area contributed by atoms with Crippen LogP contribution in [-0.4, -0.2) is 72.9 Å². The highest BCUT2D eigenvalue weighted by molar-refractivity contribution is 6.37. The number of hydrogen-bond donors (Lipinski definition) is 3. The van der Waals surface area contributed by atoms with Crippen LogP contribution in [0.15, 0.2) is 18.2 Å². The van der Waals surface area contributed by atoms with Crippen LogP contribution in [0.1, 0.15) is 39.3 Å². The average Bonchev–Trinajstić information content (AvgIpc) is 3.39. The molecule has 32 heavy (non-hydrogen) atoms. The lowest BCUT2D eigenvalue weighted by molar-refractivity contribution is -0.110. The molecule has 2 aliphatic heterocycles. The van der Waals surface area contributed by atoms with Crippen molar-refractivity contribution in [3.8, 4) is 0 Å². The quantitative estimate of drug-likeness (QED) is 0.641. The van der Waals surface area contributed by atoms with E-state index in [4.69, 9.17) is 0 Å². The lowest BCUT2D eigenvalue weighted by Crippen LogP contribution is -2.46. The highest BCUT2D eigenvalue weighted by Crippen LogP contribution is 2.44. The van der Waals surface area contributed by atoms with Gasteiger partial charge < -0.3 is 20.5 Å². The fourth-order valence-electron chi connectivity index (χ4n) is 5.04. The molecule has 168 valence electrons. The van der Waals surface area contributed by atoms with Gasteiger partial charge in [-0.1, -0.05) is 0 Å². The smallest absolute Gasteiger partial charge is 0.256 e. The zero-order valence-electron chi connectivity index (χ0n) is 18.5. The van der Waals surface area contributed by atoms with Gasteiger partial charge in [0.15, 0.2) is 0 Å². The van der Waals surface area contributed by atoms with Gasteiger partial charge in [0.2, 0.25) is 0 Å². The van der Waals surface area contributed by atoms with Crippen LogP contribution < -0.4 is 10.6 Å². The number of H-pyrrole nitrogens is 1. The van der Waals surface area contributed by atoms with Crippen molar-refractivity contribution < 1.29 is 14.0 Å². The van der Waals surface area contributed by atoms with Gasteiger partial charge in [0.05, 0.1) is 11.1 Å². The second kappa shape index (κ2) is 8.18. The number of fused-ring (bicyclic) bond motifs is 2. The van der Waals surface area contributed by atoms with Gasteiger partial charge in [-0.15, -0.1) is 0 Å². The fourth-order valence-corrected chi connectivity index (χ4v) is 5.04. The first-order valence-corrected chi connectivity index (χ1v) is 11.2.